The van der Waals surface area contributed by atoms with E-state index >= 15 is 0 Å². The van der Waals surface area contributed by atoms with Crippen molar-refractivity contribution in [2.24, 2.45) is 0 Å². The first kappa shape index (κ1) is 15.5. The van der Waals surface area contributed by atoms with Crippen molar-refractivity contribution in [1.29, 1.82) is 0 Å². The highest BCUT2D eigenvalue weighted by Crippen LogP contribution is 2.20. The number of nitrogens with zero attached hydrogens (tertiary/aromatic N) is 2. The molecular formula is C13H24ClN3O. The van der Waals surface area contributed by atoms with Crippen LogP contribution in [-0.4, -0.2) is 28.5 Å². The fourth-order valence-electron chi connectivity index (χ4n) is 1.96. The molecule has 1 aromatic rings. The zero-order valence-corrected chi connectivity index (χ0v) is 12.8. The van der Waals surface area contributed by atoms with Crippen molar-refractivity contribution in [3.05, 3.63) is 16.4 Å². The minimum atomic E-state index is -0.159. The van der Waals surface area contributed by atoms with Gasteiger partial charge >= 0.3 is 0 Å². The SMILES string of the molecule is CCOC(C)(C)CNCc1c(Cl)c(C)nn1CC. The first-order valence-electron chi connectivity index (χ1n) is 6.47. The van der Waals surface area contributed by atoms with E-state index in [0.717, 1.165) is 36.1 Å². The Bertz CT molecular complexity index is 388. The second kappa shape index (κ2) is 6.55. The summed E-state index contributed by atoms with van der Waals surface area (Å²) in [5.74, 6) is 0. The van der Waals surface area contributed by atoms with Crippen LogP contribution in [0.3, 0.4) is 0 Å². The smallest absolute Gasteiger partial charge is 0.0860 e. The molecule has 18 heavy (non-hydrogen) atoms. The summed E-state index contributed by atoms with van der Waals surface area (Å²) in [6.45, 7) is 13.2. The third-order valence-electron chi connectivity index (χ3n) is 2.83. The lowest BCUT2D eigenvalue weighted by Gasteiger charge is -2.25. The molecular weight excluding hydrogens is 250 g/mol. The number of hydrogen-bond acceptors (Lipinski definition) is 3. The Labute approximate surface area is 115 Å². The minimum absolute atomic E-state index is 0.159. The zero-order chi connectivity index (χ0) is 13.8. The van der Waals surface area contributed by atoms with Gasteiger partial charge in [-0.1, -0.05) is 11.6 Å². The van der Waals surface area contributed by atoms with Crippen molar-refractivity contribution in [2.45, 2.75) is 53.3 Å². The van der Waals surface area contributed by atoms with Gasteiger partial charge in [-0.2, -0.15) is 5.10 Å². The zero-order valence-electron chi connectivity index (χ0n) is 12.0. The molecule has 0 aromatic carbocycles. The summed E-state index contributed by atoms with van der Waals surface area (Å²) in [7, 11) is 0. The van der Waals surface area contributed by atoms with Gasteiger partial charge in [0.15, 0.2) is 0 Å². The van der Waals surface area contributed by atoms with Gasteiger partial charge < -0.3 is 10.1 Å². The molecule has 4 nitrogen and oxygen atoms in total. The van der Waals surface area contributed by atoms with Crippen molar-refractivity contribution in [1.82, 2.24) is 15.1 Å². The Morgan fingerprint density at radius 2 is 2.06 bits per heavy atom. The minimum Gasteiger partial charge on any atom is -0.375 e. The molecule has 0 aliphatic carbocycles. The van der Waals surface area contributed by atoms with Crippen molar-refractivity contribution >= 4 is 11.6 Å². The van der Waals surface area contributed by atoms with Crippen LogP contribution in [0, 0.1) is 6.92 Å². The highest BCUT2D eigenvalue weighted by molar-refractivity contribution is 6.31. The van der Waals surface area contributed by atoms with E-state index in [4.69, 9.17) is 16.3 Å². The Balaban J connectivity index is 2.59. The number of nitrogens with one attached hydrogen (secondary N) is 1. The summed E-state index contributed by atoms with van der Waals surface area (Å²) in [4.78, 5) is 0. The molecule has 0 aliphatic heterocycles. The standard InChI is InChI=1S/C13H24ClN3O/c1-6-17-11(12(14)10(3)16-17)8-15-9-13(4,5)18-7-2/h15H,6-9H2,1-5H3. The number of aromatic nitrogens is 2. The van der Waals surface area contributed by atoms with Crippen LogP contribution in [0.5, 0.6) is 0 Å². The summed E-state index contributed by atoms with van der Waals surface area (Å²) >= 11 is 6.25. The van der Waals surface area contributed by atoms with Gasteiger partial charge in [0.1, 0.15) is 0 Å². The molecule has 1 aromatic heterocycles. The van der Waals surface area contributed by atoms with Gasteiger partial charge in [0.05, 0.1) is 22.0 Å². The fraction of sp³-hybridized carbons (Fsp3) is 0.769. The largest absolute Gasteiger partial charge is 0.375 e. The Hall–Kier alpha value is -0.580. The van der Waals surface area contributed by atoms with Crippen LogP contribution in [0.1, 0.15) is 39.1 Å². The summed E-state index contributed by atoms with van der Waals surface area (Å²) in [6, 6.07) is 0. The molecule has 0 spiro atoms. The lowest BCUT2D eigenvalue weighted by Crippen LogP contribution is -2.37. The van der Waals surface area contributed by atoms with Gasteiger partial charge in [0.2, 0.25) is 0 Å². The summed E-state index contributed by atoms with van der Waals surface area (Å²) < 4.78 is 7.58. The highest BCUT2D eigenvalue weighted by Gasteiger charge is 2.18. The van der Waals surface area contributed by atoms with E-state index in [2.05, 4.69) is 31.2 Å². The Morgan fingerprint density at radius 3 is 2.61 bits per heavy atom. The molecule has 0 amide bonds. The number of aryl methyl sites for hydroxylation is 2. The van der Waals surface area contributed by atoms with Crippen molar-refractivity contribution in [3.8, 4) is 0 Å². The molecule has 0 fully saturated rings. The normalized spacial score (nSPS) is 12.1. The molecule has 5 heteroatoms. The first-order valence-corrected chi connectivity index (χ1v) is 6.85. The highest BCUT2D eigenvalue weighted by atomic mass is 35.5. The molecule has 0 bridgehead atoms. The molecule has 0 unspecified atom stereocenters. The van der Waals surface area contributed by atoms with Crippen LogP contribution in [0.15, 0.2) is 0 Å². The van der Waals surface area contributed by atoms with Gasteiger partial charge in [0, 0.05) is 26.2 Å². The van der Waals surface area contributed by atoms with Crippen molar-refractivity contribution in [3.63, 3.8) is 0 Å². The van der Waals surface area contributed by atoms with Crippen molar-refractivity contribution in [2.75, 3.05) is 13.2 Å². The molecule has 0 saturated carbocycles. The molecule has 1 rings (SSSR count). The maximum atomic E-state index is 6.25. The lowest BCUT2D eigenvalue weighted by atomic mass is 10.1. The third kappa shape index (κ3) is 3.97. The van der Waals surface area contributed by atoms with E-state index < -0.39 is 0 Å². The fourth-order valence-corrected chi connectivity index (χ4v) is 2.16. The summed E-state index contributed by atoms with van der Waals surface area (Å²) in [5.41, 5.74) is 1.77. The van der Waals surface area contributed by atoms with E-state index in [1.165, 1.54) is 0 Å². The van der Waals surface area contributed by atoms with Crippen LogP contribution in [0.2, 0.25) is 5.02 Å². The van der Waals surface area contributed by atoms with Crippen LogP contribution in [0.4, 0.5) is 0 Å². The molecule has 0 saturated heterocycles. The predicted molar refractivity (Wildman–Crippen MR) is 75.1 cm³/mol. The van der Waals surface area contributed by atoms with E-state index in [-0.39, 0.29) is 5.60 Å². The first-order chi connectivity index (χ1) is 8.41. The van der Waals surface area contributed by atoms with E-state index in [9.17, 15) is 0 Å². The number of ether oxygens (including phenoxy) is 1. The van der Waals surface area contributed by atoms with Crippen LogP contribution in [0.25, 0.3) is 0 Å². The second-order valence-corrected chi connectivity index (χ2v) is 5.34. The number of hydrogen-bond donors (Lipinski definition) is 1. The Kier molecular flexibility index (Phi) is 5.63. The van der Waals surface area contributed by atoms with Gasteiger partial charge in [-0.3, -0.25) is 4.68 Å². The summed E-state index contributed by atoms with van der Waals surface area (Å²) in [5, 5.41) is 8.54. The van der Waals surface area contributed by atoms with Crippen LogP contribution >= 0.6 is 11.6 Å². The summed E-state index contributed by atoms with van der Waals surface area (Å²) in [6.07, 6.45) is 0. The van der Waals surface area contributed by atoms with E-state index in [0.29, 0.717) is 6.54 Å². The lowest BCUT2D eigenvalue weighted by molar-refractivity contribution is -0.00906. The Morgan fingerprint density at radius 1 is 1.39 bits per heavy atom. The predicted octanol–water partition coefficient (Wildman–Crippen LogP) is 2.77. The monoisotopic (exact) mass is 273 g/mol. The average Bonchev–Trinajstić information content (AvgIpc) is 2.56. The van der Waals surface area contributed by atoms with E-state index in [1.54, 1.807) is 0 Å². The van der Waals surface area contributed by atoms with E-state index in [1.807, 2.05) is 18.5 Å². The van der Waals surface area contributed by atoms with Gasteiger partial charge in [-0.05, 0) is 34.6 Å². The molecule has 0 radical (unpaired) electrons. The molecule has 0 aliphatic rings. The molecule has 0 atom stereocenters. The number of rotatable bonds is 7. The third-order valence-corrected chi connectivity index (χ3v) is 3.32. The second-order valence-electron chi connectivity index (χ2n) is 4.96. The van der Waals surface area contributed by atoms with Crippen LogP contribution in [-0.2, 0) is 17.8 Å². The maximum Gasteiger partial charge on any atom is 0.0860 e. The molecule has 1 heterocycles. The topological polar surface area (TPSA) is 39.1 Å². The number of halogens is 1. The van der Waals surface area contributed by atoms with Crippen LogP contribution < -0.4 is 5.32 Å². The maximum absolute atomic E-state index is 6.25. The average molecular weight is 274 g/mol. The van der Waals surface area contributed by atoms with Gasteiger partial charge in [-0.15, -0.1) is 0 Å². The quantitative estimate of drug-likeness (QED) is 0.830. The molecule has 104 valence electrons. The van der Waals surface area contributed by atoms with Gasteiger partial charge in [-0.25, -0.2) is 0 Å². The van der Waals surface area contributed by atoms with Gasteiger partial charge in [0.25, 0.3) is 0 Å². The van der Waals surface area contributed by atoms with Crippen molar-refractivity contribution < 1.29 is 4.74 Å². The molecule has 1 N–H and O–H groups in total.